The monoisotopic (exact) mass is 490 g/mol. The Labute approximate surface area is 198 Å². The molecule has 2 aromatic carbocycles. The summed E-state index contributed by atoms with van der Waals surface area (Å²) in [5.41, 5.74) is 2.63. The number of hydrogen-bond donors (Lipinski definition) is 1. The van der Waals surface area contributed by atoms with Gasteiger partial charge in [-0.2, -0.15) is 0 Å². The molecule has 1 saturated heterocycles. The maximum absolute atomic E-state index is 12.8. The van der Waals surface area contributed by atoms with Crippen molar-refractivity contribution in [3.8, 4) is 11.3 Å². The molecule has 0 bridgehead atoms. The van der Waals surface area contributed by atoms with Crippen LogP contribution < -0.4 is 9.62 Å². The summed E-state index contributed by atoms with van der Waals surface area (Å²) in [5.74, 6) is 1.65. The molecule has 6 nitrogen and oxygen atoms in total. The second kappa shape index (κ2) is 9.25. The van der Waals surface area contributed by atoms with E-state index in [1.165, 1.54) is 25.0 Å². The normalized spacial score (nSPS) is 15.1. The van der Waals surface area contributed by atoms with E-state index in [-0.39, 0.29) is 9.92 Å². The second-order valence-electron chi connectivity index (χ2n) is 8.16. The standard InChI is InChI=1S/C23H24Cl2N4O2S/c1-15-9-11-29(12-10-15)23-8-7-21(26-27-23)17-3-5-18(6-4-17)28-32(30,31)22-13-16(2)19(24)14-20(22)25/h3-8,13-15,28H,9-12H2,1-2H3. The average Bonchev–Trinajstić information content (AvgIpc) is 2.77. The van der Waals surface area contributed by atoms with E-state index in [2.05, 4.69) is 26.7 Å². The lowest BCUT2D eigenvalue weighted by Gasteiger charge is -2.30. The van der Waals surface area contributed by atoms with Crippen LogP contribution in [-0.2, 0) is 10.0 Å². The van der Waals surface area contributed by atoms with Crippen molar-refractivity contribution >= 4 is 44.7 Å². The van der Waals surface area contributed by atoms with Crippen LogP contribution in [0.5, 0.6) is 0 Å². The van der Waals surface area contributed by atoms with Gasteiger partial charge in [-0.15, -0.1) is 10.2 Å². The van der Waals surface area contributed by atoms with Crippen molar-refractivity contribution in [1.82, 2.24) is 10.2 Å². The minimum Gasteiger partial charge on any atom is -0.355 e. The Morgan fingerprint density at radius 3 is 2.28 bits per heavy atom. The Bertz CT molecular complexity index is 1210. The van der Waals surface area contributed by atoms with Gasteiger partial charge in [0.1, 0.15) is 4.90 Å². The molecular weight excluding hydrogens is 467 g/mol. The molecule has 1 aromatic heterocycles. The van der Waals surface area contributed by atoms with Crippen molar-refractivity contribution in [3.63, 3.8) is 0 Å². The Balaban J connectivity index is 1.48. The molecule has 4 rings (SSSR count). The smallest absolute Gasteiger partial charge is 0.263 e. The SMILES string of the molecule is Cc1cc(S(=O)(=O)Nc2ccc(-c3ccc(N4CCC(C)CC4)nn3)cc2)c(Cl)cc1Cl. The van der Waals surface area contributed by atoms with E-state index in [1.807, 2.05) is 12.1 Å². The van der Waals surface area contributed by atoms with Gasteiger partial charge in [0, 0.05) is 29.4 Å². The Morgan fingerprint density at radius 1 is 0.969 bits per heavy atom. The summed E-state index contributed by atoms with van der Waals surface area (Å²) in [6.45, 7) is 6.01. The lowest BCUT2D eigenvalue weighted by atomic mass is 9.99. The predicted molar refractivity (Wildman–Crippen MR) is 130 cm³/mol. The fourth-order valence-corrected chi connectivity index (χ4v) is 5.53. The zero-order valence-electron chi connectivity index (χ0n) is 17.8. The van der Waals surface area contributed by atoms with E-state index in [0.29, 0.717) is 16.3 Å². The van der Waals surface area contributed by atoms with Gasteiger partial charge < -0.3 is 4.90 Å². The summed E-state index contributed by atoms with van der Waals surface area (Å²) in [6.07, 6.45) is 2.34. The molecule has 0 saturated carbocycles. The lowest BCUT2D eigenvalue weighted by molar-refractivity contribution is 0.436. The molecule has 1 aliphatic heterocycles. The summed E-state index contributed by atoms with van der Waals surface area (Å²) in [5, 5.41) is 9.24. The summed E-state index contributed by atoms with van der Waals surface area (Å²) < 4.78 is 28.1. The first-order valence-electron chi connectivity index (χ1n) is 10.4. The minimum atomic E-state index is -3.86. The molecule has 2 heterocycles. The topological polar surface area (TPSA) is 75.2 Å². The summed E-state index contributed by atoms with van der Waals surface area (Å²) >= 11 is 12.1. The first-order valence-corrected chi connectivity index (χ1v) is 12.6. The number of rotatable bonds is 5. The van der Waals surface area contributed by atoms with Gasteiger partial charge in [-0.3, -0.25) is 4.72 Å². The van der Waals surface area contributed by atoms with Crippen LogP contribution in [0.2, 0.25) is 10.0 Å². The van der Waals surface area contributed by atoms with Crippen molar-refractivity contribution in [1.29, 1.82) is 0 Å². The molecule has 1 fully saturated rings. The summed E-state index contributed by atoms with van der Waals surface area (Å²) in [6, 6.07) is 13.8. The molecule has 1 aliphatic rings. The van der Waals surface area contributed by atoms with Gasteiger partial charge >= 0.3 is 0 Å². The van der Waals surface area contributed by atoms with E-state index in [1.54, 1.807) is 31.2 Å². The Morgan fingerprint density at radius 2 is 1.66 bits per heavy atom. The number of nitrogens with zero attached hydrogens (tertiary/aromatic N) is 3. The van der Waals surface area contributed by atoms with Gasteiger partial charge in [-0.1, -0.05) is 42.3 Å². The van der Waals surface area contributed by atoms with Crippen LogP contribution in [0.4, 0.5) is 11.5 Å². The van der Waals surface area contributed by atoms with Crippen LogP contribution in [0.3, 0.4) is 0 Å². The molecule has 32 heavy (non-hydrogen) atoms. The van der Waals surface area contributed by atoms with Gasteiger partial charge in [-0.05, 0) is 67.6 Å². The third-order valence-electron chi connectivity index (χ3n) is 5.69. The molecule has 0 radical (unpaired) electrons. The number of piperidine rings is 1. The van der Waals surface area contributed by atoms with Crippen LogP contribution in [0.1, 0.15) is 25.3 Å². The molecule has 0 spiro atoms. The van der Waals surface area contributed by atoms with E-state index in [4.69, 9.17) is 23.2 Å². The van der Waals surface area contributed by atoms with Crippen molar-refractivity contribution < 1.29 is 8.42 Å². The zero-order chi connectivity index (χ0) is 22.9. The maximum Gasteiger partial charge on any atom is 0.263 e. The highest BCUT2D eigenvalue weighted by Crippen LogP contribution is 2.30. The number of hydrogen-bond acceptors (Lipinski definition) is 5. The van der Waals surface area contributed by atoms with Crippen LogP contribution in [-0.4, -0.2) is 31.7 Å². The fourth-order valence-electron chi connectivity index (χ4n) is 3.64. The van der Waals surface area contributed by atoms with Crippen LogP contribution >= 0.6 is 23.2 Å². The first-order chi connectivity index (χ1) is 15.2. The number of anilines is 2. The van der Waals surface area contributed by atoms with Gasteiger partial charge in [0.05, 0.1) is 10.7 Å². The van der Waals surface area contributed by atoms with Crippen molar-refractivity contribution in [2.24, 2.45) is 5.92 Å². The summed E-state index contributed by atoms with van der Waals surface area (Å²) in [7, 11) is -3.86. The number of sulfonamides is 1. The van der Waals surface area contributed by atoms with Gasteiger partial charge in [0.2, 0.25) is 0 Å². The first kappa shape index (κ1) is 22.8. The van der Waals surface area contributed by atoms with Crippen LogP contribution in [0, 0.1) is 12.8 Å². The Kier molecular flexibility index (Phi) is 6.60. The lowest BCUT2D eigenvalue weighted by Crippen LogP contribution is -2.33. The molecule has 3 aromatic rings. The number of benzene rings is 2. The molecule has 0 aliphatic carbocycles. The van der Waals surface area contributed by atoms with Gasteiger partial charge in [0.25, 0.3) is 10.0 Å². The zero-order valence-corrected chi connectivity index (χ0v) is 20.2. The van der Waals surface area contributed by atoms with Crippen molar-refractivity contribution in [2.75, 3.05) is 22.7 Å². The van der Waals surface area contributed by atoms with Gasteiger partial charge in [0.15, 0.2) is 5.82 Å². The number of aromatic nitrogens is 2. The highest BCUT2D eigenvalue weighted by Gasteiger charge is 2.20. The van der Waals surface area contributed by atoms with E-state index in [9.17, 15) is 8.42 Å². The quantitative estimate of drug-likeness (QED) is 0.489. The molecular formula is C23H24Cl2N4O2S. The molecule has 0 amide bonds. The van der Waals surface area contributed by atoms with Crippen LogP contribution in [0.15, 0.2) is 53.4 Å². The third-order valence-corrected chi connectivity index (χ3v) is 7.95. The van der Waals surface area contributed by atoms with E-state index >= 15 is 0 Å². The molecule has 1 N–H and O–H groups in total. The average molecular weight is 491 g/mol. The van der Waals surface area contributed by atoms with Crippen molar-refractivity contribution in [3.05, 3.63) is 64.1 Å². The predicted octanol–water partition coefficient (Wildman–Crippen LogP) is 5.80. The second-order valence-corrected chi connectivity index (χ2v) is 10.6. The van der Waals surface area contributed by atoms with E-state index in [0.717, 1.165) is 36.1 Å². The van der Waals surface area contributed by atoms with Crippen molar-refractivity contribution in [2.45, 2.75) is 31.6 Å². The minimum absolute atomic E-state index is 0.0151. The van der Waals surface area contributed by atoms with Crippen LogP contribution in [0.25, 0.3) is 11.3 Å². The Hall–Kier alpha value is -2.35. The highest BCUT2D eigenvalue weighted by molar-refractivity contribution is 7.92. The number of nitrogens with one attached hydrogen (secondary N) is 1. The fraction of sp³-hybridized carbons (Fsp3) is 0.304. The van der Waals surface area contributed by atoms with E-state index < -0.39 is 10.0 Å². The third kappa shape index (κ3) is 5.00. The number of halogens is 2. The molecule has 0 atom stereocenters. The van der Waals surface area contributed by atoms with Gasteiger partial charge in [-0.25, -0.2) is 8.42 Å². The largest absolute Gasteiger partial charge is 0.355 e. The molecule has 168 valence electrons. The molecule has 0 unspecified atom stereocenters. The summed E-state index contributed by atoms with van der Waals surface area (Å²) in [4.78, 5) is 2.25. The maximum atomic E-state index is 12.8. The molecule has 9 heteroatoms. The number of aryl methyl sites for hydroxylation is 1. The highest BCUT2D eigenvalue weighted by atomic mass is 35.5.